The van der Waals surface area contributed by atoms with Gasteiger partial charge >= 0.3 is 0 Å². The van der Waals surface area contributed by atoms with Crippen LogP contribution in [0.2, 0.25) is 0 Å². The van der Waals surface area contributed by atoms with E-state index >= 15 is 0 Å². The number of benzene rings is 1. The number of hydrogen-bond donors (Lipinski definition) is 1. The number of aryl methyl sites for hydroxylation is 1. The third kappa shape index (κ3) is 3.37. The number of piperazine rings is 1. The first-order chi connectivity index (χ1) is 9.04. The molecule has 1 heterocycles. The van der Waals surface area contributed by atoms with Crippen LogP contribution in [0.4, 0.5) is 0 Å². The van der Waals surface area contributed by atoms with Crippen LogP contribution in [0.25, 0.3) is 0 Å². The smallest absolute Gasteiger partial charge is 0.0326 e. The monoisotopic (exact) mass is 260 g/mol. The summed E-state index contributed by atoms with van der Waals surface area (Å²) in [6.45, 7) is 12.5. The minimum atomic E-state index is 0.236. The molecule has 0 aromatic heterocycles. The van der Waals surface area contributed by atoms with Crippen LogP contribution < -0.4 is 5.32 Å². The summed E-state index contributed by atoms with van der Waals surface area (Å²) in [6, 6.07) is 9.71. The maximum absolute atomic E-state index is 3.50. The highest BCUT2D eigenvalue weighted by atomic mass is 15.3. The summed E-state index contributed by atoms with van der Waals surface area (Å²) in [5.74, 6) is 0. The topological polar surface area (TPSA) is 15.3 Å². The summed E-state index contributed by atoms with van der Waals surface area (Å²) in [4.78, 5) is 2.62. The van der Waals surface area contributed by atoms with Gasteiger partial charge in [0.25, 0.3) is 0 Å². The summed E-state index contributed by atoms with van der Waals surface area (Å²) in [6.07, 6.45) is 2.41. The SMILES string of the molecule is CCCc1ccc(C(C)N2CCNCC2(C)C)cc1. The summed E-state index contributed by atoms with van der Waals surface area (Å²) < 4.78 is 0. The molecule has 2 nitrogen and oxygen atoms in total. The maximum Gasteiger partial charge on any atom is 0.0326 e. The Morgan fingerprint density at radius 3 is 2.53 bits per heavy atom. The van der Waals surface area contributed by atoms with Crippen molar-refractivity contribution in [3.8, 4) is 0 Å². The van der Waals surface area contributed by atoms with Gasteiger partial charge in [-0.2, -0.15) is 0 Å². The average Bonchev–Trinajstić information content (AvgIpc) is 2.39. The molecule has 1 aliphatic rings. The predicted molar refractivity (Wildman–Crippen MR) is 82.5 cm³/mol. The molecule has 0 radical (unpaired) electrons. The highest BCUT2D eigenvalue weighted by Gasteiger charge is 2.33. The van der Waals surface area contributed by atoms with E-state index in [1.54, 1.807) is 0 Å². The number of nitrogens with one attached hydrogen (secondary N) is 1. The van der Waals surface area contributed by atoms with Gasteiger partial charge in [0.1, 0.15) is 0 Å². The molecule has 1 unspecified atom stereocenters. The first-order valence-corrected chi connectivity index (χ1v) is 7.61. The second-order valence-electron chi connectivity index (χ2n) is 6.35. The van der Waals surface area contributed by atoms with Crippen molar-refractivity contribution < 1.29 is 0 Å². The van der Waals surface area contributed by atoms with Gasteiger partial charge in [0.2, 0.25) is 0 Å². The molecular formula is C17H28N2. The van der Waals surface area contributed by atoms with E-state index in [0.717, 1.165) is 19.6 Å². The highest BCUT2D eigenvalue weighted by Crippen LogP contribution is 2.29. The van der Waals surface area contributed by atoms with Gasteiger partial charge in [-0.1, -0.05) is 37.6 Å². The van der Waals surface area contributed by atoms with Gasteiger partial charge in [0.05, 0.1) is 0 Å². The van der Waals surface area contributed by atoms with E-state index in [-0.39, 0.29) is 5.54 Å². The molecule has 1 aromatic rings. The molecule has 2 heteroatoms. The molecule has 106 valence electrons. The lowest BCUT2D eigenvalue weighted by Crippen LogP contribution is -2.58. The van der Waals surface area contributed by atoms with Crippen molar-refractivity contribution >= 4 is 0 Å². The lowest BCUT2D eigenvalue weighted by atomic mass is 9.94. The van der Waals surface area contributed by atoms with E-state index < -0.39 is 0 Å². The Balaban J connectivity index is 2.11. The second kappa shape index (κ2) is 6.06. The van der Waals surface area contributed by atoms with Crippen LogP contribution in [0.5, 0.6) is 0 Å². The van der Waals surface area contributed by atoms with E-state index in [1.807, 2.05) is 0 Å². The van der Waals surface area contributed by atoms with Gasteiger partial charge in [0, 0.05) is 31.2 Å². The Hall–Kier alpha value is -0.860. The normalized spacial score (nSPS) is 21.3. The van der Waals surface area contributed by atoms with Crippen LogP contribution in [0.1, 0.15) is 51.3 Å². The van der Waals surface area contributed by atoms with E-state index in [1.165, 1.54) is 24.0 Å². The van der Waals surface area contributed by atoms with Crippen LogP contribution in [0.3, 0.4) is 0 Å². The van der Waals surface area contributed by atoms with Crippen molar-refractivity contribution in [2.24, 2.45) is 0 Å². The predicted octanol–water partition coefficient (Wildman–Crippen LogP) is 3.38. The van der Waals surface area contributed by atoms with Crippen LogP contribution in [0.15, 0.2) is 24.3 Å². The molecule has 1 aromatic carbocycles. The largest absolute Gasteiger partial charge is 0.314 e. The minimum absolute atomic E-state index is 0.236. The Kier molecular flexibility index (Phi) is 4.64. The molecule has 1 atom stereocenters. The molecule has 0 aliphatic carbocycles. The fourth-order valence-corrected chi connectivity index (χ4v) is 3.15. The minimum Gasteiger partial charge on any atom is -0.314 e. The van der Waals surface area contributed by atoms with Crippen molar-refractivity contribution in [1.82, 2.24) is 10.2 Å². The lowest BCUT2D eigenvalue weighted by molar-refractivity contribution is 0.0516. The molecule has 19 heavy (non-hydrogen) atoms. The summed E-state index contributed by atoms with van der Waals surface area (Å²) in [5, 5.41) is 3.50. The van der Waals surface area contributed by atoms with Crippen molar-refractivity contribution in [2.75, 3.05) is 19.6 Å². The molecule has 2 rings (SSSR count). The highest BCUT2D eigenvalue weighted by molar-refractivity contribution is 5.25. The molecule has 1 saturated heterocycles. The Bertz CT molecular complexity index is 394. The van der Waals surface area contributed by atoms with Gasteiger partial charge in [-0.05, 0) is 38.3 Å². The summed E-state index contributed by atoms with van der Waals surface area (Å²) in [5.41, 5.74) is 3.13. The fraction of sp³-hybridized carbons (Fsp3) is 0.647. The Morgan fingerprint density at radius 2 is 1.95 bits per heavy atom. The molecule has 0 spiro atoms. The van der Waals surface area contributed by atoms with Crippen molar-refractivity contribution in [3.63, 3.8) is 0 Å². The van der Waals surface area contributed by atoms with E-state index in [2.05, 4.69) is 62.2 Å². The van der Waals surface area contributed by atoms with Gasteiger partial charge in [-0.3, -0.25) is 4.90 Å². The zero-order valence-electron chi connectivity index (χ0n) is 12.9. The van der Waals surface area contributed by atoms with Crippen molar-refractivity contribution in [2.45, 2.75) is 52.1 Å². The maximum atomic E-state index is 3.50. The van der Waals surface area contributed by atoms with Gasteiger partial charge < -0.3 is 5.32 Å². The standard InChI is InChI=1S/C17H28N2/c1-5-6-15-7-9-16(10-8-15)14(2)19-12-11-18-13-17(19,3)4/h7-10,14,18H,5-6,11-13H2,1-4H3. The first-order valence-electron chi connectivity index (χ1n) is 7.61. The number of hydrogen-bond acceptors (Lipinski definition) is 2. The molecule has 1 N–H and O–H groups in total. The summed E-state index contributed by atoms with van der Waals surface area (Å²) in [7, 11) is 0. The molecular weight excluding hydrogens is 232 g/mol. The van der Waals surface area contributed by atoms with E-state index in [4.69, 9.17) is 0 Å². The van der Waals surface area contributed by atoms with Gasteiger partial charge in [-0.15, -0.1) is 0 Å². The zero-order chi connectivity index (χ0) is 13.9. The van der Waals surface area contributed by atoms with Gasteiger partial charge in [0.15, 0.2) is 0 Å². The summed E-state index contributed by atoms with van der Waals surface area (Å²) >= 11 is 0. The zero-order valence-corrected chi connectivity index (χ0v) is 12.9. The molecule has 0 bridgehead atoms. The molecule has 0 amide bonds. The third-order valence-electron chi connectivity index (χ3n) is 4.33. The van der Waals surface area contributed by atoms with Crippen LogP contribution in [0, 0.1) is 0 Å². The second-order valence-corrected chi connectivity index (χ2v) is 6.35. The average molecular weight is 260 g/mol. The molecule has 1 fully saturated rings. The van der Waals surface area contributed by atoms with Crippen molar-refractivity contribution in [3.05, 3.63) is 35.4 Å². The fourth-order valence-electron chi connectivity index (χ4n) is 3.15. The van der Waals surface area contributed by atoms with Gasteiger partial charge in [-0.25, -0.2) is 0 Å². The Morgan fingerprint density at radius 1 is 1.26 bits per heavy atom. The van der Waals surface area contributed by atoms with Crippen molar-refractivity contribution in [1.29, 1.82) is 0 Å². The lowest BCUT2D eigenvalue weighted by Gasteiger charge is -2.46. The molecule has 0 saturated carbocycles. The Labute approximate surface area is 118 Å². The van der Waals surface area contributed by atoms with Crippen LogP contribution in [-0.2, 0) is 6.42 Å². The quantitative estimate of drug-likeness (QED) is 0.893. The number of nitrogens with zero attached hydrogens (tertiary/aromatic N) is 1. The van der Waals surface area contributed by atoms with Crippen LogP contribution >= 0.6 is 0 Å². The first kappa shape index (κ1) is 14.5. The van der Waals surface area contributed by atoms with Crippen LogP contribution in [-0.4, -0.2) is 30.1 Å². The molecule has 1 aliphatic heterocycles. The third-order valence-corrected chi connectivity index (χ3v) is 4.33. The van der Waals surface area contributed by atoms with E-state index in [9.17, 15) is 0 Å². The van der Waals surface area contributed by atoms with E-state index in [0.29, 0.717) is 6.04 Å². The number of rotatable bonds is 4.